The van der Waals surface area contributed by atoms with Crippen molar-refractivity contribution in [3.05, 3.63) is 249 Å². The fraction of sp³-hybridized carbons (Fsp3) is 0. The molecule has 0 N–H and O–H groups in total. The summed E-state index contributed by atoms with van der Waals surface area (Å²) in [6.07, 6.45) is 0. The van der Waals surface area contributed by atoms with E-state index in [4.69, 9.17) is 4.42 Å². The summed E-state index contributed by atoms with van der Waals surface area (Å²) in [5.41, 5.74) is 22.2. The summed E-state index contributed by atoms with van der Waals surface area (Å²) >= 11 is -0.933. The molecule has 0 fully saturated rings. The zero-order chi connectivity index (χ0) is 46.6. The molecule has 15 rings (SSSR count). The van der Waals surface area contributed by atoms with Crippen LogP contribution < -0.4 is 28.5 Å². The average molecular weight is 1020 g/mol. The van der Waals surface area contributed by atoms with Gasteiger partial charge in [-0.25, -0.2) is 0 Å². The zero-order valence-corrected chi connectivity index (χ0v) is 40.8. The van der Waals surface area contributed by atoms with Gasteiger partial charge in [0, 0.05) is 0 Å². The van der Waals surface area contributed by atoms with Crippen molar-refractivity contribution in [1.82, 2.24) is 4.57 Å². The van der Waals surface area contributed by atoms with Crippen molar-refractivity contribution in [3.8, 4) is 50.2 Å². The van der Waals surface area contributed by atoms with Crippen molar-refractivity contribution in [2.24, 2.45) is 0 Å². The van der Waals surface area contributed by atoms with E-state index in [1.165, 1.54) is 67.9 Å². The molecule has 11 aromatic carbocycles. The number of furan rings is 1. The Morgan fingerprint density at radius 1 is 0.380 bits per heavy atom. The SMILES string of the molecule is c1ccc(-c2ccc3c(c2)B2c4c(cc(-n5c6ccccc6c6ccccc65)cc4N(c4c(-c5ccccc5)cccc4-c4ccccc4)c4cc(-c5ccccc5)c5c(oc6ccccc65)c42)[Te]3)cc1. The summed E-state index contributed by atoms with van der Waals surface area (Å²) < 4.78 is 12.9. The molecule has 0 saturated carbocycles. The normalized spacial score (nSPS) is 12.7. The summed E-state index contributed by atoms with van der Waals surface area (Å²) in [6, 6.07) is 92.0. The van der Waals surface area contributed by atoms with E-state index in [1.807, 2.05) is 0 Å². The molecular weight excluding hydrogens is 975 g/mol. The molecule has 3 nitrogen and oxygen atoms in total. The number of fused-ring (bicyclic) bond motifs is 11. The quantitative estimate of drug-likeness (QED) is 0.155. The van der Waals surface area contributed by atoms with Crippen LogP contribution in [0.1, 0.15) is 0 Å². The van der Waals surface area contributed by atoms with Gasteiger partial charge in [0.25, 0.3) is 0 Å². The molecule has 71 heavy (non-hydrogen) atoms. The van der Waals surface area contributed by atoms with Crippen molar-refractivity contribution < 1.29 is 4.42 Å². The number of hydrogen-bond donors (Lipinski definition) is 0. The van der Waals surface area contributed by atoms with E-state index in [2.05, 4.69) is 258 Å². The molecule has 5 heteroatoms. The molecule has 330 valence electrons. The molecule has 2 aromatic heterocycles. The molecule has 4 heterocycles. The van der Waals surface area contributed by atoms with Gasteiger partial charge in [-0.05, 0) is 0 Å². The molecule has 0 unspecified atom stereocenters. The maximum absolute atomic E-state index is 7.43. The molecule has 2 aliphatic heterocycles. The Labute approximate surface area is 422 Å². The van der Waals surface area contributed by atoms with Gasteiger partial charge in [-0.1, -0.05) is 0 Å². The van der Waals surface area contributed by atoms with E-state index in [0.29, 0.717) is 0 Å². The number of rotatable bonds is 6. The first-order valence-corrected chi connectivity index (χ1v) is 26.7. The molecule has 0 saturated heterocycles. The van der Waals surface area contributed by atoms with E-state index in [0.717, 1.165) is 66.7 Å². The average Bonchev–Trinajstić information content (AvgIpc) is 4.00. The van der Waals surface area contributed by atoms with Gasteiger partial charge in [-0.2, -0.15) is 0 Å². The van der Waals surface area contributed by atoms with Crippen molar-refractivity contribution in [2.75, 3.05) is 4.90 Å². The Kier molecular flexibility index (Phi) is 9.21. The second kappa shape index (κ2) is 16.1. The zero-order valence-electron chi connectivity index (χ0n) is 38.5. The number of anilines is 3. The number of hydrogen-bond acceptors (Lipinski definition) is 2. The maximum atomic E-state index is 7.43. The minimum atomic E-state index is -0.933. The third-order valence-corrected chi connectivity index (χ3v) is 18.1. The van der Waals surface area contributed by atoms with Crippen LogP contribution in [0.15, 0.2) is 253 Å². The van der Waals surface area contributed by atoms with Gasteiger partial charge in [0.2, 0.25) is 0 Å². The molecule has 0 bridgehead atoms. The summed E-state index contributed by atoms with van der Waals surface area (Å²) in [4.78, 5) is 2.66. The first-order chi connectivity index (χ1) is 35.2. The molecule has 0 aliphatic carbocycles. The van der Waals surface area contributed by atoms with Crippen molar-refractivity contribution in [1.29, 1.82) is 0 Å². The van der Waals surface area contributed by atoms with Crippen LogP contribution in [0.2, 0.25) is 0 Å². The molecule has 0 atom stereocenters. The van der Waals surface area contributed by atoms with E-state index in [-0.39, 0.29) is 6.71 Å². The molecular formula is C66H41BN2OTe. The van der Waals surface area contributed by atoms with Crippen molar-refractivity contribution in [2.45, 2.75) is 0 Å². The first-order valence-electron chi connectivity index (χ1n) is 24.4. The van der Waals surface area contributed by atoms with Crippen LogP contribution in [-0.2, 0) is 0 Å². The Balaban J connectivity index is 1.15. The topological polar surface area (TPSA) is 21.3 Å². The minimum absolute atomic E-state index is 0.118. The van der Waals surface area contributed by atoms with Crippen LogP contribution in [0.3, 0.4) is 0 Å². The second-order valence-corrected chi connectivity index (χ2v) is 21.8. The first kappa shape index (κ1) is 40.6. The van der Waals surface area contributed by atoms with Gasteiger partial charge >= 0.3 is 425 Å². The van der Waals surface area contributed by atoms with Crippen LogP contribution in [0.25, 0.3) is 93.9 Å². The van der Waals surface area contributed by atoms with E-state index >= 15 is 0 Å². The molecule has 2 aliphatic rings. The summed E-state index contributed by atoms with van der Waals surface area (Å²) in [5.74, 6) is 0. The number of aromatic nitrogens is 1. The predicted octanol–water partition coefficient (Wildman–Crippen LogP) is 13.6. The van der Waals surface area contributed by atoms with Gasteiger partial charge < -0.3 is 0 Å². The third kappa shape index (κ3) is 6.24. The van der Waals surface area contributed by atoms with Gasteiger partial charge in [0.1, 0.15) is 0 Å². The number of para-hydroxylation sites is 4. The van der Waals surface area contributed by atoms with Crippen LogP contribution >= 0.6 is 0 Å². The Morgan fingerprint density at radius 3 is 1.55 bits per heavy atom. The van der Waals surface area contributed by atoms with Crippen molar-refractivity contribution >= 4 is 112 Å². The predicted molar refractivity (Wildman–Crippen MR) is 301 cm³/mol. The molecule has 0 amide bonds. The van der Waals surface area contributed by atoms with Gasteiger partial charge in [-0.3, -0.25) is 0 Å². The van der Waals surface area contributed by atoms with Crippen molar-refractivity contribution in [3.63, 3.8) is 0 Å². The molecule has 0 radical (unpaired) electrons. The van der Waals surface area contributed by atoms with E-state index in [9.17, 15) is 0 Å². The Hall–Kier alpha value is -8.33. The molecule has 13 aromatic rings. The van der Waals surface area contributed by atoms with Gasteiger partial charge in [-0.15, -0.1) is 0 Å². The summed E-state index contributed by atoms with van der Waals surface area (Å²) in [7, 11) is 0. The fourth-order valence-corrected chi connectivity index (χ4v) is 15.2. The number of benzene rings is 11. The third-order valence-electron chi connectivity index (χ3n) is 14.8. The summed E-state index contributed by atoms with van der Waals surface area (Å²) in [5, 5.41) is 4.79. The second-order valence-electron chi connectivity index (χ2n) is 18.7. The molecule has 0 spiro atoms. The van der Waals surface area contributed by atoms with Crippen LogP contribution in [0.4, 0.5) is 17.1 Å². The Morgan fingerprint density at radius 2 is 0.915 bits per heavy atom. The van der Waals surface area contributed by atoms with Gasteiger partial charge in [0.05, 0.1) is 0 Å². The van der Waals surface area contributed by atoms with Gasteiger partial charge in [0.15, 0.2) is 0 Å². The van der Waals surface area contributed by atoms with Crippen LogP contribution in [0, 0.1) is 0 Å². The summed E-state index contributed by atoms with van der Waals surface area (Å²) in [6.45, 7) is -0.118. The number of nitrogens with zero attached hydrogens (tertiary/aromatic N) is 2. The van der Waals surface area contributed by atoms with Crippen LogP contribution in [0.5, 0.6) is 0 Å². The monoisotopic (exact) mass is 1020 g/mol. The standard InChI is InChI=1S/C66H41BN2OTe/c1-5-20-42(21-6-1)46-36-37-60-54(38-46)67-63-57(39-47(40-61(63)71-60)68-55-33-16-13-28-50(55)51-29-14-17-34-56(51)68)69(65-48(43-22-7-2-8-23-43)31-19-32-49(65)44-24-9-3-10-25-44)58-41-53(45-26-11-4-12-27-45)62-52-30-15-18-35-59(52)70-66(62)64(58)67/h1-41H. The van der Waals surface area contributed by atoms with E-state index in [1.54, 1.807) is 0 Å². The van der Waals surface area contributed by atoms with Crippen LogP contribution in [-0.4, -0.2) is 32.2 Å². The Bertz CT molecular complexity index is 4150. The fourth-order valence-electron chi connectivity index (χ4n) is 11.8. The van der Waals surface area contributed by atoms with E-state index < -0.39 is 20.9 Å².